The van der Waals surface area contributed by atoms with Crippen LogP contribution in [0.2, 0.25) is 0 Å². The summed E-state index contributed by atoms with van der Waals surface area (Å²) in [5, 5.41) is 12.1. The first-order valence-corrected chi connectivity index (χ1v) is 9.69. The summed E-state index contributed by atoms with van der Waals surface area (Å²) in [4.78, 5) is 40.3. The molecule has 3 amide bonds. The minimum Gasteiger partial charge on any atom is -0.478 e. The highest BCUT2D eigenvalue weighted by Gasteiger charge is 2.31. The Hall–Kier alpha value is -2.61. The number of aromatic carboxylic acids is 1. The third-order valence-electron chi connectivity index (χ3n) is 5.26. The lowest BCUT2D eigenvalue weighted by molar-refractivity contribution is -0.121. The average Bonchev–Trinajstić information content (AvgIpc) is 3.22. The summed E-state index contributed by atoms with van der Waals surface area (Å²) in [6.07, 6.45) is 3.56. The third-order valence-corrected chi connectivity index (χ3v) is 5.26. The second-order valence-corrected chi connectivity index (χ2v) is 7.41. The van der Waals surface area contributed by atoms with Gasteiger partial charge in [0.1, 0.15) is 0 Å². The number of hydrogen-bond acceptors (Lipinski definition) is 4. The van der Waals surface area contributed by atoms with Crippen molar-refractivity contribution in [3.05, 3.63) is 29.3 Å². The Balaban J connectivity index is 1.66. The van der Waals surface area contributed by atoms with E-state index in [4.69, 9.17) is 4.74 Å². The van der Waals surface area contributed by atoms with Crippen LogP contribution >= 0.6 is 0 Å². The van der Waals surface area contributed by atoms with E-state index in [1.54, 1.807) is 11.0 Å². The first-order chi connectivity index (χ1) is 13.5. The first kappa shape index (κ1) is 20.1. The maximum atomic E-state index is 12.8. The summed E-state index contributed by atoms with van der Waals surface area (Å²) in [7, 11) is 1.53. The van der Waals surface area contributed by atoms with E-state index in [2.05, 4.69) is 5.32 Å². The van der Waals surface area contributed by atoms with Gasteiger partial charge in [-0.2, -0.15) is 0 Å². The number of carbonyl (C=O) groups is 3. The molecule has 2 heterocycles. The molecule has 2 aliphatic rings. The molecule has 3 rings (SSSR count). The fourth-order valence-corrected chi connectivity index (χ4v) is 3.86. The molecule has 1 unspecified atom stereocenters. The Morgan fingerprint density at radius 2 is 1.82 bits per heavy atom. The standard InChI is InChI=1S/C20H27N3O5/c1-28-13-14-9-16(19(25)26)11-17(10-14)21-18(24)15-5-4-8-23(12-15)20(27)22-6-2-3-7-22/h9-11,15H,2-8,12-13H2,1H3,(H,21,24)(H,25,26). The van der Waals surface area contributed by atoms with Crippen molar-refractivity contribution in [2.45, 2.75) is 32.3 Å². The SMILES string of the molecule is COCc1cc(NC(=O)C2CCCN(C(=O)N3CCCC3)C2)cc(C(=O)O)c1. The molecule has 0 aliphatic carbocycles. The molecule has 8 heteroatoms. The van der Waals surface area contributed by atoms with Crippen molar-refractivity contribution in [2.24, 2.45) is 5.92 Å². The normalized spacial score (nSPS) is 19.5. The van der Waals surface area contributed by atoms with Crippen molar-refractivity contribution in [3.8, 4) is 0 Å². The molecule has 2 saturated heterocycles. The molecule has 0 spiro atoms. The number of carbonyl (C=O) groups excluding carboxylic acids is 2. The Labute approximate surface area is 164 Å². The van der Waals surface area contributed by atoms with Crippen LogP contribution in [0.5, 0.6) is 0 Å². The third kappa shape index (κ3) is 4.81. The van der Waals surface area contributed by atoms with E-state index < -0.39 is 5.97 Å². The lowest BCUT2D eigenvalue weighted by Crippen LogP contribution is -2.48. The predicted octanol–water partition coefficient (Wildman–Crippen LogP) is 2.40. The van der Waals surface area contributed by atoms with Crippen molar-refractivity contribution in [2.75, 3.05) is 38.6 Å². The quantitative estimate of drug-likeness (QED) is 0.806. The molecule has 0 saturated carbocycles. The number of hydrogen-bond donors (Lipinski definition) is 2. The van der Waals surface area contributed by atoms with Crippen LogP contribution in [0.1, 0.15) is 41.6 Å². The fraction of sp³-hybridized carbons (Fsp3) is 0.550. The predicted molar refractivity (Wildman–Crippen MR) is 103 cm³/mol. The van der Waals surface area contributed by atoms with Gasteiger partial charge in [0.15, 0.2) is 0 Å². The van der Waals surface area contributed by atoms with Crippen LogP contribution in [0.4, 0.5) is 10.5 Å². The number of likely N-dealkylation sites (tertiary alicyclic amines) is 2. The lowest BCUT2D eigenvalue weighted by atomic mass is 9.97. The zero-order chi connectivity index (χ0) is 20.1. The zero-order valence-electron chi connectivity index (χ0n) is 16.1. The largest absolute Gasteiger partial charge is 0.478 e. The Morgan fingerprint density at radius 1 is 1.11 bits per heavy atom. The van der Waals surface area contributed by atoms with Gasteiger partial charge in [-0.05, 0) is 49.4 Å². The van der Waals surface area contributed by atoms with Gasteiger partial charge in [-0.1, -0.05) is 0 Å². The molecule has 1 aromatic carbocycles. The van der Waals surface area contributed by atoms with Crippen LogP contribution in [-0.4, -0.2) is 66.1 Å². The minimum atomic E-state index is -1.06. The second-order valence-electron chi connectivity index (χ2n) is 7.41. The monoisotopic (exact) mass is 389 g/mol. The van der Waals surface area contributed by atoms with Crippen molar-refractivity contribution < 1.29 is 24.2 Å². The van der Waals surface area contributed by atoms with E-state index in [1.807, 2.05) is 4.90 Å². The smallest absolute Gasteiger partial charge is 0.335 e. The molecule has 8 nitrogen and oxygen atoms in total. The summed E-state index contributed by atoms with van der Waals surface area (Å²) in [5.41, 5.74) is 1.20. The minimum absolute atomic E-state index is 0.0188. The van der Waals surface area contributed by atoms with Gasteiger partial charge >= 0.3 is 12.0 Å². The van der Waals surface area contributed by atoms with E-state index in [-0.39, 0.29) is 30.0 Å². The molecular weight excluding hydrogens is 362 g/mol. The Morgan fingerprint density at radius 3 is 2.50 bits per heavy atom. The number of piperidine rings is 1. The summed E-state index contributed by atoms with van der Waals surface area (Å²) in [6, 6.07) is 4.70. The highest BCUT2D eigenvalue weighted by Crippen LogP contribution is 2.22. The lowest BCUT2D eigenvalue weighted by Gasteiger charge is -2.34. The molecule has 1 atom stereocenters. The number of ether oxygens (including phenoxy) is 1. The van der Waals surface area contributed by atoms with Gasteiger partial charge < -0.3 is 25.0 Å². The number of carboxylic acids is 1. The number of nitrogens with zero attached hydrogens (tertiary/aromatic N) is 2. The Bertz CT molecular complexity index is 745. The summed E-state index contributed by atoms with van der Waals surface area (Å²) in [5.74, 6) is -1.56. The average molecular weight is 389 g/mol. The number of amides is 3. The molecule has 0 aromatic heterocycles. The van der Waals surface area contributed by atoms with Crippen LogP contribution in [-0.2, 0) is 16.1 Å². The maximum Gasteiger partial charge on any atom is 0.335 e. The Kier molecular flexibility index (Phi) is 6.51. The van der Waals surface area contributed by atoms with Gasteiger partial charge in [0, 0.05) is 39.0 Å². The van der Waals surface area contributed by atoms with Gasteiger partial charge in [-0.3, -0.25) is 4.79 Å². The number of anilines is 1. The summed E-state index contributed by atoms with van der Waals surface area (Å²) < 4.78 is 5.07. The zero-order valence-corrected chi connectivity index (χ0v) is 16.1. The van der Waals surface area contributed by atoms with E-state index >= 15 is 0 Å². The van der Waals surface area contributed by atoms with E-state index in [9.17, 15) is 19.5 Å². The van der Waals surface area contributed by atoms with Crippen molar-refractivity contribution in [1.82, 2.24) is 9.80 Å². The molecule has 2 N–H and O–H groups in total. The van der Waals surface area contributed by atoms with Crippen molar-refractivity contribution in [3.63, 3.8) is 0 Å². The van der Waals surface area contributed by atoms with Gasteiger partial charge in [-0.15, -0.1) is 0 Å². The topological polar surface area (TPSA) is 99.2 Å². The first-order valence-electron chi connectivity index (χ1n) is 9.69. The number of carboxylic acid groups (broad SMARTS) is 1. The molecule has 152 valence electrons. The van der Waals surface area contributed by atoms with Crippen LogP contribution in [0.3, 0.4) is 0 Å². The van der Waals surface area contributed by atoms with E-state index in [1.165, 1.54) is 19.2 Å². The highest BCUT2D eigenvalue weighted by molar-refractivity contribution is 5.95. The molecule has 0 bridgehead atoms. The van der Waals surface area contributed by atoms with Crippen LogP contribution in [0.25, 0.3) is 0 Å². The van der Waals surface area contributed by atoms with Crippen molar-refractivity contribution in [1.29, 1.82) is 0 Å². The molecule has 1 aromatic rings. The summed E-state index contributed by atoms with van der Waals surface area (Å²) in [6.45, 7) is 2.90. The van der Waals surface area contributed by atoms with Crippen LogP contribution in [0, 0.1) is 5.92 Å². The molecular formula is C20H27N3O5. The number of urea groups is 1. The number of methoxy groups -OCH3 is 1. The second kappa shape index (κ2) is 9.05. The molecule has 2 fully saturated rings. The van der Waals surface area contributed by atoms with Gasteiger partial charge in [0.25, 0.3) is 0 Å². The van der Waals surface area contributed by atoms with Crippen LogP contribution in [0.15, 0.2) is 18.2 Å². The van der Waals surface area contributed by atoms with Gasteiger partial charge in [-0.25, -0.2) is 9.59 Å². The maximum absolute atomic E-state index is 12.8. The van der Waals surface area contributed by atoms with Crippen LogP contribution < -0.4 is 5.32 Å². The van der Waals surface area contributed by atoms with Gasteiger partial charge in [0.2, 0.25) is 5.91 Å². The van der Waals surface area contributed by atoms with Crippen molar-refractivity contribution >= 4 is 23.6 Å². The number of rotatable bonds is 5. The van der Waals surface area contributed by atoms with E-state index in [0.29, 0.717) is 30.8 Å². The van der Waals surface area contributed by atoms with Gasteiger partial charge in [0.05, 0.1) is 18.1 Å². The summed E-state index contributed by atoms with van der Waals surface area (Å²) >= 11 is 0. The molecule has 0 radical (unpaired) electrons. The highest BCUT2D eigenvalue weighted by atomic mass is 16.5. The number of nitrogens with one attached hydrogen (secondary N) is 1. The molecule has 28 heavy (non-hydrogen) atoms. The molecule has 2 aliphatic heterocycles. The fourth-order valence-electron chi connectivity index (χ4n) is 3.86. The van der Waals surface area contributed by atoms with E-state index in [0.717, 1.165) is 32.4 Å². The number of benzene rings is 1.